The summed E-state index contributed by atoms with van der Waals surface area (Å²) in [5.74, 6) is -1.47. The molecular formula is C14H16N2O4S. The zero-order valence-corrected chi connectivity index (χ0v) is 12.2. The van der Waals surface area contributed by atoms with Crippen LogP contribution in [0.3, 0.4) is 0 Å². The molecule has 1 fully saturated rings. The molecule has 0 bridgehead atoms. The van der Waals surface area contributed by atoms with Crippen molar-refractivity contribution in [2.75, 3.05) is 0 Å². The molecule has 6 nitrogen and oxygen atoms in total. The SMILES string of the molecule is N#Cc1cccc(CS(=O)(=O)NC2(C(=O)O)CCCC2)c1. The van der Waals surface area contributed by atoms with E-state index in [2.05, 4.69) is 4.72 Å². The number of carbonyl (C=O) groups is 1. The van der Waals surface area contributed by atoms with Crippen LogP contribution in [0.25, 0.3) is 0 Å². The molecule has 0 amide bonds. The summed E-state index contributed by atoms with van der Waals surface area (Å²) in [4.78, 5) is 11.4. The van der Waals surface area contributed by atoms with Crippen LogP contribution in [0.5, 0.6) is 0 Å². The Morgan fingerprint density at radius 3 is 2.62 bits per heavy atom. The van der Waals surface area contributed by atoms with Crippen molar-refractivity contribution in [2.24, 2.45) is 0 Å². The van der Waals surface area contributed by atoms with Gasteiger partial charge in [-0.1, -0.05) is 25.0 Å². The first-order valence-electron chi connectivity index (χ1n) is 6.61. The second-order valence-corrected chi connectivity index (χ2v) is 6.99. The first-order valence-corrected chi connectivity index (χ1v) is 8.26. The largest absolute Gasteiger partial charge is 0.480 e. The number of aliphatic carboxylic acids is 1. The van der Waals surface area contributed by atoms with E-state index in [4.69, 9.17) is 5.26 Å². The quantitative estimate of drug-likeness (QED) is 0.854. The van der Waals surface area contributed by atoms with E-state index < -0.39 is 21.5 Å². The molecule has 0 atom stereocenters. The van der Waals surface area contributed by atoms with E-state index in [1.807, 2.05) is 6.07 Å². The van der Waals surface area contributed by atoms with Gasteiger partial charge in [-0.3, -0.25) is 4.79 Å². The highest BCUT2D eigenvalue weighted by molar-refractivity contribution is 7.88. The second-order valence-electron chi connectivity index (χ2n) is 5.27. The summed E-state index contributed by atoms with van der Waals surface area (Å²) in [5.41, 5.74) is -0.553. The van der Waals surface area contributed by atoms with Crippen molar-refractivity contribution in [2.45, 2.75) is 37.0 Å². The third-order valence-electron chi connectivity index (χ3n) is 3.63. The van der Waals surface area contributed by atoms with Gasteiger partial charge >= 0.3 is 5.97 Å². The Hall–Kier alpha value is -1.91. The van der Waals surface area contributed by atoms with Crippen LogP contribution in [0, 0.1) is 11.3 Å². The normalized spacial score (nSPS) is 17.3. The van der Waals surface area contributed by atoms with Gasteiger partial charge in [0.05, 0.1) is 17.4 Å². The van der Waals surface area contributed by atoms with Gasteiger partial charge < -0.3 is 5.11 Å². The Kier molecular flexibility index (Phi) is 4.30. The molecule has 0 saturated heterocycles. The third kappa shape index (κ3) is 3.60. The number of carboxylic acid groups (broad SMARTS) is 1. The number of hydrogen-bond donors (Lipinski definition) is 2. The van der Waals surface area contributed by atoms with Crippen molar-refractivity contribution in [1.82, 2.24) is 4.72 Å². The maximum Gasteiger partial charge on any atom is 0.324 e. The second kappa shape index (κ2) is 5.84. The van der Waals surface area contributed by atoms with Gasteiger partial charge in [0.2, 0.25) is 10.0 Å². The van der Waals surface area contributed by atoms with Crippen molar-refractivity contribution >= 4 is 16.0 Å². The molecule has 1 aromatic rings. The van der Waals surface area contributed by atoms with E-state index in [0.29, 0.717) is 36.8 Å². The lowest BCUT2D eigenvalue weighted by molar-refractivity contribution is -0.143. The predicted octanol–water partition coefficient (Wildman–Crippen LogP) is 1.38. The highest BCUT2D eigenvalue weighted by atomic mass is 32.2. The molecule has 0 spiro atoms. The molecule has 0 unspecified atom stereocenters. The fraction of sp³-hybridized carbons (Fsp3) is 0.429. The van der Waals surface area contributed by atoms with Crippen molar-refractivity contribution in [3.63, 3.8) is 0 Å². The summed E-state index contributed by atoms with van der Waals surface area (Å²) in [7, 11) is -3.79. The predicted molar refractivity (Wildman–Crippen MR) is 75.8 cm³/mol. The summed E-state index contributed by atoms with van der Waals surface area (Å²) in [6.45, 7) is 0. The van der Waals surface area contributed by atoms with Crippen LogP contribution in [-0.2, 0) is 20.6 Å². The van der Waals surface area contributed by atoms with E-state index >= 15 is 0 Å². The molecule has 1 aliphatic carbocycles. The number of benzene rings is 1. The molecule has 0 aromatic heterocycles. The lowest BCUT2D eigenvalue weighted by Crippen LogP contribution is -2.52. The number of sulfonamides is 1. The molecule has 2 rings (SSSR count). The molecule has 2 N–H and O–H groups in total. The number of rotatable bonds is 5. The lowest BCUT2D eigenvalue weighted by Gasteiger charge is -2.25. The molecule has 7 heteroatoms. The molecular weight excluding hydrogens is 292 g/mol. The number of nitrogens with zero attached hydrogens (tertiary/aromatic N) is 1. The number of nitrogens with one attached hydrogen (secondary N) is 1. The van der Waals surface area contributed by atoms with Crippen LogP contribution < -0.4 is 4.72 Å². The molecule has 0 heterocycles. The van der Waals surface area contributed by atoms with Crippen molar-refractivity contribution in [3.8, 4) is 6.07 Å². The number of nitriles is 1. The summed E-state index contributed by atoms with van der Waals surface area (Å²) < 4.78 is 26.8. The Labute approximate surface area is 123 Å². The van der Waals surface area contributed by atoms with E-state index in [1.54, 1.807) is 18.2 Å². The zero-order valence-electron chi connectivity index (χ0n) is 11.4. The van der Waals surface area contributed by atoms with E-state index in [0.717, 1.165) is 0 Å². The summed E-state index contributed by atoms with van der Waals surface area (Å²) in [5, 5.41) is 18.1. The molecule has 112 valence electrons. The Balaban J connectivity index is 2.18. The van der Waals surface area contributed by atoms with Gasteiger partial charge in [-0.25, -0.2) is 8.42 Å². The van der Waals surface area contributed by atoms with Crippen molar-refractivity contribution in [1.29, 1.82) is 5.26 Å². The zero-order chi connectivity index (χ0) is 15.5. The number of hydrogen-bond acceptors (Lipinski definition) is 4. The van der Waals surface area contributed by atoms with E-state index in [-0.39, 0.29) is 5.75 Å². The van der Waals surface area contributed by atoms with Crippen LogP contribution in [0.4, 0.5) is 0 Å². The average Bonchev–Trinajstić information content (AvgIpc) is 2.87. The monoisotopic (exact) mass is 308 g/mol. The van der Waals surface area contributed by atoms with Gasteiger partial charge in [-0.2, -0.15) is 9.98 Å². The van der Waals surface area contributed by atoms with Crippen LogP contribution in [0.15, 0.2) is 24.3 Å². The van der Waals surface area contributed by atoms with Crippen LogP contribution >= 0.6 is 0 Å². The van der Waals surface area contributed by atoms with E-state index in [1.165, 1.54) is 6.07 Å². The maximum atomic E-state index is 12.2. The molecule has 21 heavy (non-hydrogen) atoms. The van der Waals surface area contributed by atoms with Gasteiger partial charge in [0.15, 0.2) is 0 Å². The fourth-order valence-electron chi connectivity index (χ4n) is 2.62. The van der Waals surface area contributed by atoms with Gasteiger partial charge in [0, 0.05) is 0 Å². The van der Waals surface area contributed by atoms with Gasteiger partial charge in [0.1, 0.15) is 5.54 Å². The van der Waals surface area contributed by atoms with Crippen molar-refractivity contribution in [3.05, 3.63) is 35.4 Å². The van der Waals surface area contributed by atoms with E-state index in [9.17, 15) is 18.3 Å². The topological polar surface area (TPSA) is 107 Å². The standard InChI is InChI=1S/C14H16N2O4S/c15-9-11-4-3-5-12(8-11)10-21(19,20)16-14(13(17)18)6-1-2-7-14/h3-5,8,16H,1-2,6-7,10H2,(H,17,18). The highest BCUT2D eigenvalue weighted by Crippen LogP contribution is 2.31. The molecule has 1 aliphatic rings. The third-order valence-corrected chi connectivity index (χ3v) is 5.05. The first kappa shape index (κ1) is 15.5. The van der Waals surface area contributed by atoms with Gasteiger partial charge in [0.25, 0.3) is 0 Å². The van der Waals surface area contributed by atoms with Crippen molar-refractivity contribution < 1.29 is 18.3 Å². The first-order chi connectivity index (χ1) is 9.87. The minimum absolute atomic E-state index is 0.305. The molecule has 1 aromatic carbocycles. The van der Waals surface area contributed by atoms with Crippen LogP contribution in [0.2, 0.25) is 0 Å². The minimum atomic E-state index is -3.79. The lowest BCUT2D eigenvalue weighted by atomic mass is 10.0. The Morgan fingerprint density at radius 1 is 1.38 bits per heavy atom. The average molecular weight is 308 g/mol. The Morgan fingerprint density at radius 2 is 2.05 bits per heavy atom. The molecule has 0 aliphatic heterocycles. The summed E-state index contributed by atoms with van der Waals surface area (Å²) in [6, 6.07) is 8.22. The molecule has 0 radical (unpaired) electrons. The summed E-state index contributed by atoms with van der Waals surface area (Å²) in [6.07, 6.45) is 2.00. The molecule has 1 saturated carbocycles. The highest BCUT2D eigenvalue weighted by Gasteiger charge is 2.44. The summed E-state index contributed by atoms with van der Waals surface area (Å²) >= 11 is 0. The smallest absolute Gasteiger partial charge is 0.324 e. The van der Waals surface area contributed by atoms with Gasteiger partial charge in [-0.05, 0) is 30.5 Å². The minimum Gasteiger partial charge on any atom is -0.480 e. The maximum absolute atomic E-state index is 12.2. The fourth-order valence-corrected chi connectivity index (χ4v) is 4.20. The van der Waals surface area contributed by atoms with Gasteiger partial charge in [-0.15, -0.1) is 0 Å². The number of carboxylic acids is 1. The van der Waals surface area contributed by atoms with Crippen LogP contribution in [0.1, 0.15) is 36.8 Å². The Bertz CT molecular complexity index is 685. The van der Waals surface area contributed by atoms with Crippen LogP contribution in [-0.4, -0.2) is 25.0 Å².